The van der Waals surface area contributed by atoms with Crippen molar-refractivity contribution in [2.24, 2.45) is 0 Å². The molecule has 2 aromatic carbocycles. The normalized spacial score (nSPS) is 10.6. The molecule has 3 rings (SSSR count). The first-order valence-corrected chi connectivity index (χ1v) is 7.89. The number of halogens is 2. The number of anilines is 2. The van der Waals surface area contributed by atoms with Crippen LogP contribution in [0.4, 0.5) is 11.4 Å². The molecule has 3 N–H and O–H groups in total. The first-order valence-electron chi connectivity index (χ1n) is 7.13. The molecule has 1 amide bonds. The average Bonchev–Trinajstić information content (AvgIpc) is 2.95. The van der Waals surface area contributed by atoms with Gasteiger partial charge in [-0.15, -0.1) is 0 Å². The molecule has 0 fully saturated rings. The van der Waals surface area contributed by atoms with Gasteiger partial charge in [0, 0.05) is 5.69 Å². The minimum Gasteiger partial charge on any atom is -0.396 e. The molecule has 0 radical (unpaired) electrons. The van der Waals surface area contributed by atoms with Crippen LogP contribution in [0, 0.1) is 6.92 Å². The summed E-state index contributed by atoms with van der Waals surface area (Å²) in [6.45, 7) is 1.83. The van der Waals surface area contributed by atoms with Crippen molar-refractivity contribution in [3.05, 3.63) is 70.0 Å². The number of nitrogens with one attached hydrogen (secondary N) is 1. The number of nitrogens with two attached hydrogens (primary N) is 1. The van der Waals surface area contributed by atoms with Gasteiger partial charge in [0.1, 0.15) is 0 Å². The van der Waals surface area contributed by atoms with Gasteiger partial charge in [-0.2, -0.15) is 5.10 Å². The molecule has 5 nitrogen and oxygen atoms in total. The lowest BCUT2D eigenvalue weighted by Gasteiger charge is -2.09. The van der Waals surface area contributed by atoms with E-state index < -0.39 is 0 Å². The third kappa shape index (κ3) is 3.09. The summed E-state index contributed by atoms with van der Waals surface area (Å²) in [5.41, 5.74) is 8.52. The minimum atomic E-state index is -0.299. The van der Waals surface area contributed by atoms with E-state index in [-0.39, 0.29) is 21.6 Å². The maximum atomic E-state index is 12.5. The fourth-order valence-electron chi connectivity index (χ4n) is 2.32. The van der Waals surface area contributed by atoms with Crippen molar-refractivity contribution in [1.82, 2.24) is 9.78 Å². The van der Waals surface area contributed by atoms with Crippen LogP contribution in [0.15, 0.2) is 48.7 Å². The van der Waals surface area contributed by atoms with Crippen LogP contribution < -0.4 is 11.1 Å². The van der Waals surface area contributed by atoms with Gasteiger partial charge in [-0.05, 0) is 31.2 Å². The van der Waals surface area contributed by atoms with Gasteiger partial charge in [-0.1, -0.05) is 41.4 Å². The number of carbonyl (C=O) groups excluding carboxylic acids is 1. The highest BCUT2D eigenvalue weighted by Crippen LogP contribution is 2.31. The van der Waals surface area contributed by atoms with E-state index in [9.17, 15) is 4.79 Å². The van der Waals surface area contributed by atoms with Crippen molar-refractivity contribution in [2.75, 3.05) is 11.1 Å². The Morgan fingerprint density at radius 1 is 1.17 bits per heavy atom. The Hall–Kier alpha value is -2.50. The molecule has 0 atom stereocenters. The second kappa shape index (κ2) is 6.55. The Morgan fingerprint density at radius 2 is 1.79 bits per heavy atom. The van der Waals surface area contributed by atoms with Gasteiger partial charge in [0.15, 0.2) is 0 Å². The number of carbonyl (C=O) groups is 1. The third-order valence-corrected chi connectivity index (χ3v) is 4.22. The van der Waals surface area contributed by atoms with Gasteiger partial charge in [0.25, 0.3) is 5.91 Å². The number of aromatic nitrogens is 2. The van der Waals surface area contributed by atoms with Crippen molar-refractivity contribution < 1.29 is 4.79 Å². The predicted octanol–water partition coefficient (Wildman–Crippen LogP) is 4.32. The Bertz CT molecular complexity index is 883. The number of amides is 1. The number of hydrogen-bond acceptors (Lipinski definition) is 3. The highest BCUT2D eigenvalue weighted by atomic mass is 35.5. The fraction of sp³-hybridized carbons (Fsp3) is 0.0588. The largest absolute Gasteiger partial charge is 0.396 e. The maximum Gasteiger partial charge on any atom is 0.259 e. The molecule has 0 unspecified atom stereocenters. The zero-order valence-electron chi connectivity index (χ0n) is 12.8. The topological polar surface area (TPSA) is 72.9 Å². The maximum absolute atomic E-state index is 12.5. The smallest absolute Gasteiger partial charge is 0.259 e. The summed E-state index contributed by atoms with van der Waals surface area (Å²) >= 11 is 12.0. The Balaban J connectivity index is 1.88. The van der Waals surface area contributed by atoms with E-state index in [0.29, 0.717) is 11.3 Å². The zero-order valence-corrected chi connectivity index (χ0v) is 14.3. The first-order chi connectivity index (χ1) is 11.5. The van der Waals surface area contributed by atoms with Gasteiger partial charge in [0.2, 0.25) is 0 Å². The van der Waals surface area contributed by atoms with Crippen molar-refractivity contribution in [2.45, 2.75) is 6.92 Å². The molecule has 0 saturated heterocycles. The van der Waals surface area contributed by atoms with E-state index in [1.54, 1.807) is 16.8 Å². The lowest BCUT2D eigenvalue weighted by Crippen LogP contribution is -2.13. The number of para-hydroxylation sites is 1. The summed E-state index contributed by atoms with van der Waals surface area (Å²) in [6, 6.07) is 12.7. The number of nitrogen functional groups attached to an aromatic ring is 1. The fourth-order valence-corrected chi connectivity index (χ4v) is 2.80. The monoisotopic (exact) mass is 360 g/mol. The van der Waals surface area contributed by atoms with Crippen LogP contribution in [0.2, 0.25) is 10.0 Å². The molecule has 0 aliphatic rings. The molecule has 0 saturated carbocycles. The van der Waals surface area contributed by atoms with Crippen LogP contribution in [-0.2, 0) is 0 Å². The van der Waals surface area contributed by atoms with Gasteiger partial charge >= 0.3 is 0 Å². The van der Waals surface area contributed by atoms with E-state index >= 15 is 0 Å². The zero-order chi connectivity index (χ0) is 17.3. The second-order valence-corrected chi connectivity index (χ2v) is 6.01. The Kier molecular flexibility index (Phi) is 4.46. The molecular weight excluding hydrogens is 347 g/mol. The first kappa shape index (κ1) is 16.4. The quantitative estimate of drug-likeness (QED) is 0.683. The summed E-state index contributed by atoms with van der Waals surface area (Å²) in [6.07, 6.45) is 1.53. The molecule has 0 spiro atoms. The van der Waals surface area contributed by atoms with Crippen LogP contribution in [0.25, 0.3) is 5.69 Å². The van der Waals surface area contributed by atoms with Crippen LogP contribution in [0.3, 0.4) is 0 Å². The predicted molar refractivity (Wildman–Crippen MR) is 97.1 cm³/mol. The van der Waals surface area contributed by atoms with Gasteiger partial charge < -0.3 is 11.1 Å². The molecule has 1 heterocycles. The van der Waals surface area contributed by atoms with Crippen LogP contribution in [0.5, 0.6) is 0 Å². The summed E-state index contributed by atoms with van der Waals surface area (Å²) in [5.74, 6) is -0.299. The number of rotatable bonds is 3. The van der Waals surface area contributed by atoms with Crippen LogP contribution >= 0.6 is 23.2 Å². The van der Waals surface area contributed by atoms with Gasteiger partial charge in [-0.3, -0.25) is 4.79 Å². The van der Waals surface area contributed by atoms with E-state index in [1.165, 1.54) is 6.20 Å². The third-order valence-electron chi connectivity index (χ3n) is 3.59. The van der Waals surface area contributed by atoms with Crippen molar-refractivity contribution >= 4 is 40.5 Å². The average molecular weight is 361 g/mol. The highest BCUT2D eigenvalue weighted by Gasteiger charge is 2.16. The SMILES string of the molecule is Cc1c(C(=O)Nc2cc(Cl)c(N)c(Cl)c2)cnn1-c1ccccc1. The Labute approximate surface area is 149 Å². The molecule has 3 aromatic rings. The minimum absolute atomic E-state index is 0.282. The standard InChI is InChI=1S/C17H14Cl2N4O/c1-10-13(9-21-23(10)12-5-3-2-4-6-12)17(24)22-11-7-14(18)16(20)15(19)8-11/h2-9H,20H2,1H3,(H,22,24). The van der Waals surface area contributed by atoms with Gasteiger partial charge in [0.05, 0.1) is 38.9 Å². The van der Waals surface area contributed by atoms with Gasteiger partial charge in [-0.25, -0.2) is 4.68 Å². The number of nitrogens with zero attached hydrogens (tertiary/aromatic N) is 2. The van der Waals surface area contributed by atoms with E-state index in [2.05, 4.69) is 10.4 Å². The summed E-state index contributed by atoms with van der Waals surface area (Å²) in [5, 5.41) is 7.61. The number of benzene rings is 2. The van der Waals surface area contributed by atoms with E-state index in [4.69, 9.17) is 28.9 Å². The molecule has 1 aromatic heterocycles. The Morgan fingerprint density at radius 3 is 2.42 bits per heavy atom. The van der Waals surface area contributed by atoms with E-state index in [0.717, 1.165) is 11.4 Å². The van der Waals surface area contributed by atoms with Crippen molar-refractivity contribution in [1.29, 1.82) is 0 Å². The second-order valence-electron chi connectivity index (χ2n) is 5.20. The van der Waals surface area contributed by atoms with Crippen molar-refractivity contribution in [3.63, 3.8) is 0 Å². The molecule has 7 heteroatoms. The van der Waals surface area contributed by atoms with Crippen LogP contribution in [-0.4, -0.2) is 15.7 Å². The molecular formula is C17H14Cl2N4O. The van der Waals surface area contributed by atoms with Crippen molar-refractivity contribution in [3.8, 4) is 5.69 Å². The molecule has 0 bridgehead atoms. The summed E-state index contributed by atoms with van der Waals surface area (Å²) in [7, 11) is 0. The lowest BCUT2D eigenvalue weighted by molar-refractivity contribution is 0.102. The molecule has 0 aliphatic carbocycles. The van der Waals surface area contributed by atoms with E-state index in [1.807, 2.05) is 37.3 Å². The lowest BCUT2D eigenvalue weighted by atomic mass is 10.2. The summed E-state index contributed by atoms with van der Waals surface area (Å²) in [4.78, 5) is 12.5. The molecule has 24 heavy (non-hydrogen) atoms. The number of hydrogen-bond donors (Lipinski definition) is 2. The highest BCUT2D eigenvalue weighted by molar-refractivity contribution is 6.39. The molecule has 122 valence electrons. The summed E-state index contributed by atoms with van der Waals surface area (Å²) < 4.78 is 1.71. The molecule has 0 aliphatic heterocycles. The van der Waals surface area contributed by atoms with Crippen LogP contribution in [0.1, 0.15) is 16.1 Å².